The first kappa shape index (κ1) is 10.2. The fourth-order valence-corrected chi connectivity index (χ4v) is 1.55. The maximum absolute atomic E-state index is 4.58. The van der Waals surface area contributed by atoms with E-state index in [1.54, 1.807) is 0 Å². The van der Waals surface area contributed by atoms with Crippen molar-refractivity contribution in [1.29, 1.82) is 0 Å². The second-order valence-electron chi connectivity index (χ2n) is 3.73. The van der Waals surface area contributed by atoms with Gasteiger partial charge in [0.2, 0.25) is 0 Å². The Morgan fingerprint density at radius 3 is 2.15 bits per heavy atom. The van der Waals surface area contributed by atoms with Gasteiger partial charge in [-0.2, -0.15) is 0 Å². The van der Waals surface area contributed by atoms with Crippen molar-refractivity contribution in [1.82, 2.24) is 9.97 Å². The van der Waals surface area contributed by atoms with Crippen LogP contribution in [0.3, 0.4) is 0 Å². The van der Waals surface area contributed by atoms with Crippen LogP contribution in [0.2, 0.25) is 0 Å². The van der Waals surface area contributed by atoms with Crippen molar-refractivity contribution >= 4 is 0 Å². The Kier molecular flexibility index (Phi) is 3.02. The Hall–Kier alpha value is -0.920. The highest BCUT2D eigenvalue weighted by molar-refractivity contribution is 5.20. The molecule has 1 rings (SSSR count). The number of aryl methyl sites for hydroxylation is 3. The maximum Gasteiger partial charge on any atom is 0.0644 e. The highest BCUT2D eigenvalue weighted by Gasteiger charge is 2.09. The molecule has 1 aromatic heterocycles. The van der Waals surface area contributed by atoms with Gasteiger partial charge in [0.15, 0.2) is 0 Å². The lowest BCUT2D eigenvalue weighted by Crippen LogP contribution is -2.05. The third kappa shape index (κ3) is 2.06. The van der Waals surface area contributed by atoms with Crippen molar-refractivity contribution in [3.05, 3.63) is 22.8 Å². The van der Waals surface area contributed by atoms with E-state index in [4.69, 9.17) is 0 Å². The van der Waals surface area contributed by atoms with Crippen molar-refractivity contribution in [2.24, 2.45) is 0 Å². The zero-order chi connectivity index (χ0) is 10.0. The minimum atomic E-state index is 0.470. The Morgan fingerprint density at radius 1 is 1.08 bits per heavy atom. The molecule has 0 atom stereocenters. The summed E-state index contributed by atoms with van der Waals surface area (Å²) in [6.45, 7) is 10.5. The third-order valence-electron chi connectivity index (χ3n) is 2.26. The average molecular weight is 178 g/mol. The molecule has 0 fully saturated rings. The number of rotatable bonds is 2. The van der Waals surface area contributed by atoms with Crippen LogP contribution >= 0.6 is 0 Å². The molecule has 1 heterocycles. The van der Waals surface area contributed by atoms with E-state index in [9.17, 15) is 0 Å². The molecule has 2 nitrogen and oxygen atoms in total. The van der Waals surface area contributed by atoms with Crippen LogP contribution in [-0.4, -0.2) is 9.97 Å². The van der Waals surface area contributed by atoms with Crippen LogP contribution in [0.25, 0.3) is 0 Å². The van der Waals surface area contributed by atoms with E-state index in [1.165, 1.54) is 0 Å². The van der Waals surface area contributed by atoms with Crippen LogP contribution in [0.15, 0.2) is 0 Å². The molecule has 2 heteroatoms. The first-order valence-corrected chi connectivity index (χ1v) is 4.90. The second kappa shape index (κ2) is 3.86. The van der Waals surface area contributed by atoms with E-state index < -0.39 is 0 Å². The first-order valence-electron chi connectivity index (χ1n) is 4.90. The molecule has 0 amide bonds. The van der Waals surface area contributed by atoms with Gasteiger partial charge in [-0.1, -0.05) is 20.8 Å². The highest BCUT2D eigenvalue weighted by atomic mass is 14.8. The average Bonchev–Trinajstić information content (AvgIpc) is 2.07. The van der Waals surface area contributed by atoms with Gasteiger partial charge in [-0.05, 0) is 26.2 Å². The first-order chi connectivity index (χ1) is 6.06. The molecular weight excluding hydrogens is 160 g/mol. The minimum Gasteiger partial charge on any atom is -0.254 e. The molecule has 0 aromatic carbocycles. The van der Waals surface area contributed by atoms with Gasteiger partial charge in [-0.15, -0.1) is 0 Å². The summed E-state index contributed by atoms with van der Waals surface area (Å²) in [7, 11) is 0. The van der Waals surface area contributed by atoms with Crippen LogP contribution in [-0.2, 0) is 6.42 Å². The fraction of sp³-hybridized carbons (Fsp3) is 0.636. The van der Waals surface area contributed by atoms with Crippen molar-refractivity contribution in [3.63, 3.8) is 0 Å². The Balaban J connectivity index is 3.20. The van der Waals surface area contributed by atoms with Gasteiger partial charge in [-0.25, -0.2) is 0 Å². The Bertz CT molecular complexity index is 303. The third-order valence-corrected chi connectivity index (χ3v) is 2.26. The molecule has 0 radical (unpaired) electrons. The lowest BCUT2D eigenvalue weighted by Gasteiger charge is -2.11. The molecular formula is C11H18N2. The zero-order valence-corrected chi connectivity index (χ0v) is 9.18. The zero-order valence-electron chi connectivity index (χ0n) is 9.18. The van der Waals surface area contributed by atoms with Gasteiger partial charge in [0.1, 0.15) is 0 Å². The summed E-state index contributed by atoms with van der Waals surface area (Å²) in [4.78, 5) is 9.13. The SMILES string of the molecule is CCc1nc(C)c(C(C)C)nc1C. The van der Waals surface area contributed by atoms with Crippen LogP contribution in [0, 0.1) is 13.8 Å². The van der Waals surface area contributed by atoms with Crippen molar-refractivity contribution in [2.45, 2.75) is 47.0 Å². The van der Waals surface area contributed by atoms with Crippen LogP contribution in [0.5, 0.6) is 0 Å². The summed E-state index contributed by atoms with van der Waals surface area (Å²) in [6.07, 6.45) is 0.970. The van der Waals surface area contributed by atoms with E-state index in [1.807, 2.05) is 13.8 Å². The lowest BCUT2D eigenvalue weighted by molar-refractivity contribution is 0.770. The molecule has 13 heavy (non-hydrogen) atoms. The molecule has 0 saturated carbocycles. The van der Waals surface area contributed by atoms with Crippen LogP contribution in [0.4, 0.5) is 0 Å². The van der Waals surface area contributed by atoms with Crippen molar-refractivity contribution in [2.75, 3.05) is 0 Å². The molecule has 0 aliphatic rings. The summed E-state index contributed by atoms with van der Waals surface area (Å²) in [5.74, 6) is 0.470. The van der Waals surface area contributed by atoms with E-state index >= 15 is 0 Å². The van der Waals surface area contributed by atoms with E-state index in [0.717, 1.165) is 29.2 Å². The van der Waals surface area contributed by atoms with Gasteiger partial charge in [-0.3, -0.25) is 9.97 Å². The molecule has 0 spiro atoms. The molecule has 0 aliphatic heterocycles. The predicted molar refractivity (Wildman–Crippen MR) is 55.0 cm³/mol. The summed E-state index contributed by atoms with van der Waals surface area (Å²) < 4.78 is 0. The molecule has 0 saturated heterocycles. The van der Waals surface area contributed by atoms with Crippen molar-refractivity contribution < 1.29 is 0 Å². The van der Waals surface area contributed by atoms with E-state index in [2.05, 4.69) is 30.7 Å². The van der Waals surface area contributed by atoms with Crippen LogP contribution < -0.4 is 0 Å². The fourth-order valence-electron chi connectivity index (χ4n) is 1.55. The van der Waals surface area contributed by atoms with Gasteiger partial charge < -0.3 is 0 Å². The number of hydrogen-bond acceptors (Lipinski definition) is 2. The number of aromatic nitrogens is 2. The smallest absolute Gasteiger partial charge is 0.0644 e. The Morgan fingerprint density at radius 2 is 1.69 bits per heavy atom. The lowest BCUT2D eigenvalue weighted by atomic mass is 10.1. The molecule has 72 valence electrons. The Labute approximate surface area is 80.4 Å². The van der Waals surface area contributed by atoms with Gasteiger partial charge in [0, 0.05) is 0 Å². The van der Waals surface area contributed by atoms with Gasteiger partial charge in [0.05, 0.1) is 22.8 Å². The quantitative estimate of drug-likeness (QED) is 0.696. The summed E-state index contributed by atoms with van der Waals surface area (Å²) in [5.41, 5.74) is 4.42. The van der Waals surface area contributed by atoms with E-state index in [0.29, 0.717) is 5.92 Å². The standard InChI is InChI=1S/C11H18N2/c1-6-10-8(4)13-11(7(2)3)9(5)12-10/h7H,6H2,1-5H3. The van der Waals surface area contributed by atoms with Gasteiger partial charge >= 0.3 is 0 Å². The maximum atomic E-state index is 4.58. The second-order valence-corrected chi connectivity index (χ2v) is 3.73. The van der Waals surface area contributed by atoms with Gasteiger partial charge in [0.25, 0.3) is 0 Å². The molecule has 0 aliphatic carbocycles. The monoisotopic (exact) mass is 178 g/mol. The highest BCUT2D eigenvalue weighted by Crippen LogP contribution is 2.16. The topological polar surface area (TPSA) is 25.8 Å². The summed E-state index contributed by atoms with van der Waals surface area (Å²) in [5, 5.41) is 0. The largest absolute Gasteiger partial charge is 0.254 e. The summed E-state index contributed by atoms with van der Waals surface area (Å²) in [6, 6.07) is 0. The molecule has 0 bridgehead atoms. The molecule has 0 unspecified atom stereocenters. The molecule has 0 N–H and O–H groups in total. The number of hydrogen-bond donors (Lipinski definition) is 0. The number of nitrogens with zero attached hydrogens (tertiary/aromatic N) is 2. The summed E-state index contributed by atoms with van der Waals surface area (Å²) >= 11 is 0. The van der Waals surface area contributed by atoms with E-state index in [-0.39, 0.29) is 0 Å². The predicted octanol–water partition coefficient (Wildman–Crippen LogP) is 2.78. The van der Waals surface area contributed by atoms with Crippen molar-refractivity contribution in [3.8, 4) is 0 Å². The minimum absolute atomic E-state index is 0.470. The normalized spacial score (nSPS) is 10.9. The molecule has 1 aromatic rings. The van der Waals surface area contributed by atoms with Crippen LogP contribution in [0.1, 0.15) is 49.5 Å².